The lowest BCUT2D eigenvalue weighted by atomic mass is 9.98. The highest BCUT2D eigenvalue weighted by Gasteiger charge is 2.32. The van der Waals surface area contributed by atoms with Crippen molar-refractivity contribution in [1.82, 2.24) is 0 Å². The topological polar surface area (TPSA) is 93.5 Å². The first-order chi connectivity index (χ1) is 9.97. The number of nitrogens with one attached hydrogen (secondary N) is 2. The van der Waals surface area contributed by atoms with Crippen molar-refractivity contribution in [3.63, 3.8) is 0 Å². The fourth-order valence-electron chi connectivity index (χ4n) is 2.76. The maximum Gasteiger partial charge on any atom is 0.294 e. The number of rotatable bonds is 3. The zero-order valence-electron chi connectivity index (χ0n) is 11.8. The highest BCUT2D eigenvalue weighted by atomic mass is 16.6. The molecule has 0 bridgehead atoms. The van der Waals surface area contributed by atoms with Crippen LogP contribution in [-0.4, -0.2) is 29.6 Å². The summed E-state index contributed by atoms with van der Waals surface area (Å²) in [5.41, 5.74) is 1.63. The van der Waals surface area contributed by atoms with E-state index in [9.17, 15) is 14.9 Å². The van der Waals surface area contributed by atoms with Crippen LogP contribution in [0, 0.1) is 10.1 Å². The zero-order valence-corrected chi connectivity index (χ0v) is 11.8. The number of carbonyl (C=O) groups is 1. The molecule has 0 spiro atoms. The van der Waals surface area contributed by atoms with Crippen LogP contribution >= 0.6 is 0 Å². The minimum absolute atomic E-state index is 0.0240. The van der Waals surface area contributed by atoms with Crippen molar-refractivity contribution in [2.24, 2.45) is 0 Å². The third-order valence-corrected chi connectivity index (χ3v) is 3.97. The van der Waals surface area contributed by atoms with Gasteiger partial charge in [-0.05, 0) is 31.4 Å². The lowest BCUT2D eigenvalue weighted by Crippen LogP contribution is -2.35. The molecule has 1 fully saturated rings. The zero-order chi connectivity index (χ0) is 15.0. The van der Waals surface area contributed by atoms with E-state index >= 15 is 0 Å². The number of hydrogen-bond donors (Lipinski definition) is 2. The average molecular weight is 291 g/mol. The number of amides is 1. The first-order valence-corrected chi connectivity index (χ1v) is 6.94. The molecule has 0 saturated carbocycles. The van der Waals surface area contributed by atoms with Gasteiger partial charge in [-0.25, -0.2) is 0 Å². The van der Waals surface area contributed by atoms with Gasteiger partial charge in [-0.3, -0.25) is 14.9 Å². The Labute approximate surface area is 121 Å². The van der Waals surface area contributed by atoms with Gasteiger partial charge in [0.25, 0.3) is 5.69 Å². The molecule has 2 aliphatic rings. The number of hydrogen-bond acceptors (Lipinski definition) is 5. The summed E-state index contributed by atoms with van der Waals surface area (Å²) < 4.78 is 5.37. The Bertz CT molecular complexity index is 608. The molecular weight excluding hydrogens is 274 g/mol. The van der Waals surface area contributed by atoms with Crippen molar-refractivity contribution >= 4 is 23.0 Å². The highest BCUT2D eigenvalue weighted by molar-refractivity contribution is 5.95. The van der Waals surface area contributed by atoms with E-state index in [0.717, 1.165) is 12.0 Å². The highest BCUT2D eigenvalue weighted by Crippen LogP contribution is 2.36. The van der Waals surface area contributed by atoms with Gasteiger partial charge < -0.3 is 15.4 Å². The molecule has 1 aromatic rings. The third-order valence-electron chi connectivity index (χ3n) is 3.97. The molecule has 3 rings (SSSR count). The standard InChI is InChI=1S/C14H17N3O4/c1-14(4-5-21-8-14)16-11-6-9-2-3-13(18)15-10(9)7-12(11)17(19)20/h6-7,16H,2-5,8H2,1H3,(H,15,18). The van der Waals surface area contributed by atoms with E-state index in [-0.39, 0.29) is 17.1 Å². The molecule has 7 nitrogen and oxygen atoms in total. The average Bonchev–Trinajstić information content (AvgIpc) is 2.84. The minimum Gasteiger partial charge on any atom is -0.379 e. The van der Waals surface area contributed by atoms with Crippen molar-refractivity contribution in [3.8, 4) is 0 Å². The Morgan fingerprint density at radius 1 is 1.43 bits per heavy atom. The van der Waals surface area contributed by atoms with E-state index in [0.29, 0.717) is 37.4 Å². The summed E-state index contributed by atoms with van der Waals surface area (Å²) in [6, 6.07) is 3.21. The number of nitro groups is 1. The summed E-state index contributed by atoms with van der Waals surface area (Å²) in [6.45, 7) is 3.17. The maximum atomic E-state index is 11.4. The Kier molecular flexibility index (Phi) is 3.29. The predicted octanol–water partition coefficient (Wildman–Crippen LogP) is 2.07. The van der Waals surface area contributed by atoms with Crippen molar-refractivity contribution < 1.29 is 14.5 Å². The van der Waals surface area contributed by atoms with Crippen LogP contribution in [0.5, 0.6) is 0 Å². The normalized spacial score (nSPS) is 24.3. The Balaban J connectivity index is 1.98. The Hall–Kier alpha value is -2.15. The van der Waals surface area contributed by atoms with E-state index in [2.05, 4.69) is 10.6 Å². The summed E-state index contributed by atoms with van der Waals surface area (Å²) in [4.78, 5) is 22.3. The molecule has 1 amide bonds. The van der Waals surface area contributed by atoms with Gasteiger partial charge >= 0.3 is 0 Å². The van der Waals surface area contributed by atoms with Crippen LogP contribution in [0.25, 0.3) is 0 Å². The Morgan fingerprint density at radius 3 is 2.90 bits per heavy atom. The van der Waals surface area contributed by atoms with Crippen molar-refractivity contribution in [1.29, 1.82) is 0 Å². The lowest BCUT2D eigenvalue weighted by Gasteiger charge is -2.26. The van der Waals surface area contributed by atoms with Crippen LogP contribution in [0.1, 0.15) is 25.3 Å². The molecule has 1 saturated heterocycles. The van der Waals surface area contributed by atoms with Gasteiger partial charge in [-0.15, -0.1) is 0 Å². The number of nitro benzene ring substituents is 1. The Morgan fingerprint density at radius 2 is 2.24 bits per heavy atom. The molecule has 2 heterocycles. The van der Waals surface area contributed by atoms with Gasteiger partial charge in [0, 0.05) is 19.1 Å². The molecule has 0 radical (unpaired) electrons. The van der Waals surface area contributed by atoms with E-state index < -0.39 is 4.92 Å². The van der Waals surface area contributed by atoms with Crippen LogP contribution in [0.3, 0.4) is 0 Å². The van der Waals surface area contributed by atoms with Gasteiger partial charge in [0.05, 0.1) is 22.8 Å². The molecule has 1 unspecified atom stereocenters. The SMILES string of the molecule is CC1(Nc2cc3c(cc2[N+](=O)[O-])NC(=O)CC3)CCOC1. The summed E-state index contributed by atoms with van der Waals surface area (Å²) >= 11 is 0. The van der Waals surface area contributed by atoms with Crippen LogP contribution < -0.4 is 10.6 Å². The van der Waals surface area contributed by atoms with E-state index in [1.807, 2.05) is 6.92 Å². The lowest BCUT2D eigenvalue weighted by molar-refractivity contribution is -0.383. The van der Waals surface area contributed by atoms with E-state index in [1.165, 1.54) is 6.07 Å². The van der Waals surface area contributed by atoms with Crippen LogP contribution in [-0.2, 0) is 16.0 Å². The maximum absolute atomic E-state index is 11.4. The monoisotopic (exact) mass is 291 g/mol. The second-order valence-corrected chi connectivity index (χ2v) is 5.82. The molecule has 112 valence electrons. The molecule has 0 aromatic heterocycles. The second kappa shape index (κ2) is 5.00. The summed E-state index contributed by atoms with van der Waals surface area (Å²) in [6.07, 6.45) is 1.81. The molecule has 7 heteroatoms. The van der Waals surface area contributed by atoms with Gasteiger partial charge in [0.1, 0.15) is 5.69 Å². The predicted molar refractivity (Wildman–Crippen MR) is 77.5 cm³/mol. The number of aryl methyl sites for hydroxylation is 1. The molecule has 1 aromatic carbocycles. The molecule has 21 heavy (non-hydrogen) atoms. The number of carbonyl (C=O) groups excluding carboxylic acids is 1. The molecule has 2 aliphatic heterocycles. The number of fused-ring (bicyclic) bond motifs is 1. The summed E-state index contributed by atoms with van der Waals surface area (Å²) in [7, 11) is 0. The smallest absolute Gasteiger partial charge is 0.294 e. The number of nitrogens with zero attached hydrogens (tertiary/aromatic N) is 1. The van der Waals surface area contributed by atoms with Crippen LogP contribution in [0.4, 0.5) is 17.1 Å². The minimum atomic E-state index is -0.428. The summed E-state index contributed by atoms with van der Waals surface area (Å²) in [5, 5.41) is 17.2. The molecule has 1 atom stereocenters. The van der Waals surface area contributed by atoms with Gasteiger partial charge in [-0.1, -0.05) is 0 Å². The quantitative estimate of drug-likeness (QED) is 0.657. The second-order valence-electron chi connectivity index (χ2n) is 5.82. The fraction of sp³-hybridized carbons (Fsp3) is 0.500. The molecule has 0 aliphatic carbocycles. The van der Waals surface area contributed by atoms with Crippen LogP contribution in [0.2, 0.25) is 0 Å². The number of benzene rings is 1. The third kappa shape index (κ3) is 2.69. The first-order valence-electron chi connectivity index (χ1n) is 6.94. The molecule has 2 N–H and O–H groups in total. The van der Waals surface area contributed by atoms with E-state index in [4.69, 9.17) is 4.74 Å². The summed E-state index contributed by atoms with van der Waals surface area (Å²) in [5.74, 6) is -0.103. The van der Waals surface area contributed by atoms with Crippen LogP contribution in [0.15, 0.2) is 12.1 Å². The van der Waals surface area contributed by atoms with Gasteiger partial charge in [0.15, 0.2) is 0 Å². The van der Waals surface area contributed by atoms with Crippen molar-refractivity contribution in [3.05, 3.63) is 27.8 Å². The first kappa shape index (κ1) is 13.8. The van der Waals surface area contributed by atoms with Crippen molar-refractivity contribution in [2.45, 2.75) is 31.7 Å². The van der Waals surface area contributed by atoms with E-state index in [1.54, 1.807) is 6.07 Å². The number of anilines is 2. The largest absolute Gasteiger partial charge is 0.379 e. The fourth-order valence-corrected chi connectivity index (χ4v) is 2.76. The van der Waals surface area contributed by atoms with Gasteiger partial charge in [-0.2, -0.15) is 0 Å². The number of ether oxygens (including phenoxy) is 1. The molecular formula is C14H17N3O4. The van der Waals surface area contributed by atoms with Gasteiger partial charge in [0.2, 0.25) is 5.91 Å². The van der Waals surface area contributed by atoms with Crippen molar-refractivity contribution in [2.75, 3.05) is 23.8 Å².